The van der Waals surface area contributed by atoms with E-state index in [-0.39, 0.29) is 5.92 Å². The molecule has 0 saturated carbocycles. The molecule has 122 valence electrons. The molecule has 3 heteroatoms. The molecule has 0 aliphatic heterocycles. The quantitative estimate of drug-likeness (QED) is 0.790. The van der Waals surface area contributed by atoms with Crippen LogP contribution in [0.4, 0.5) is 0 Å². The highest BCUT2D eigenvalue weighted by Gasteiger charge is 2.14. The molecule has 0 spiro atoms. The van der Waals surface area contributed by atoms with E-state index in [0.717, 1.165) is 34.4 Å². The molecule has 2 aromatic carbocycles. The topological polar surface area (TPSA) is 46.5 Å². The van der Waals surface area contributed by atoms with E-state index in [9.17, 15) is 9.90 Å². The van der Waals surface area contributed by atoms with E-state index in [1.807, 2.05) is 18.2 Å². The Balaban J connectivity index is 2.47. The standard InChI is InChI=1S/C20H24O3/c1-5-10-23-16-7-9-17(14(4)11-16)18-8-6-15(20(21)22)12-19(18)13(2)3/h6-9,11-13H,5,10H2,1-4H3,(H,21,22). The normalized spacial score (nSPS) is 10.8. The van der Waals surface area contributed by atoms with Crippen LogP contribution in [-0.2, 0) is 0 Å². The maximum absolute atomic E-state index is 11.2. The number of ether oxygens (including phenoxy) is 1. The number of hydrogen-bond donors (Lipinski definition) is 1. The van der Waals surface area contributed by atoms with Crippen molar-refractivity contribution in [2.24, 2.45) is 0 Å². The summed E-state index contributed by atoms with van der Waals surface area (Å²) in [6.07, 6.45) is 0.981. The molecular weight excluding hydrogens is 288 g/mol. The maximum atomic E-state index is 11.2. The van der Waals surface area contributed by atoms with E-state index in [2.05, 4.69) is 33.8 Å². The molecule has 0 saturated heterocycles. The van der Waals surface area contributed by atoms with E-state index in [4.69, 9.17) is 4.74 Å². The number of benzene rings is 2. The second-order valence-corrected chi connectivity index (χ2v) is 6.09. The van der Waals surface area contributed by atoms with Crippen LogP contribution >= 0.6 is 0 Å². The summed E-state index contributed by atoms with van der Waals surface area (Å²) < 4.78 is 5.68. The molecule has 0 radical (unpaired) electrons. The fraction of sp³-hybridized carbons (Fsp3) is 0.350. The lowest BCUT2D eigenvalue weighted by Crippen LogP contribution is -2.01. The SMILES string of the molecule is CCCOc1ccc(-c2ccc(C(=O)O)cc2C(C)C)c(C)c1. The monoisotopic (exact) mass is 312 g/mol. The highest BCUT2D eigenvalue weighted by Crippen LogP contribution is 2.33. The Hall–Kier alpha value is -2.29. The summed E-state index contributed by atoms with van der Waals surface area (Å²) in [4.78, 5) is 11.2. The van der Waals surface area contributed by atoms with Gasteiger partial charge in [-0.1, -0.05) is 32.9 Å². The van der Waals surface area contributed by atoms with Gasteiger partial charge in [-0.05, 0) is 65.8 Å². The number of rotatable bonds is 6. The van der Waals surface area contributed by atoms with Crippen molar-refractivity contribution in [1.82, 2.24) is 0 Å². The Morgan fingerprint density at radius 3 is 2.39 bits per heavy atom. The molecule has 0 aromatic heterocycles. The molecule has 0 heterocycles. The maximum Gasteiger partial charge on any atom is 0.335 e. The van der Waals surface area contributed by atoms with E-state index in [1.54, 1.807) is 12.1 Å². The number of carboxylic acids is 1. The number of carboxylic acid groups (broad SMARTS) is 1. The van der Waals surface area contributed by atoms with Gasteiger partial charge in [0.1, 0.15) is 5.75 Å². The molecule has 3 nitrogen and oxygen atoms in total. The number of hydrogen-bond acceptors (Lipinski definition) is 2. The molecule has 0 aliphatic rings. The van der Waals surface area contributed by atoms with Crippen LogP contribution in [0.5, 0.6) is 5.75 Å². The summed E-state index contributed by atoms with van der Waals surface area (Å²) in [6, 6.07) is 11.4. The van der Waals surface area contributed by atoms with Crippen molar-refractivity contribution in [3.05, 3.63) is 53.1 Å². The van der Waals surface area contributed by atoms with Crippen LogP contribution in [-0.4, -0.2) is 17.7 Å². The lowest BCUT2D eigenvalue weighted by atomic mass is 9.89. The lowest BCUT2D eigenvalue weighted by Gasteiger charge is -2.16. The van der Waals surface area contributed by atoms with Crippen LogP contribution in [0.1, 0.15) is 54.6 Å². The minimum Gasteiger partial charge on any atom is -0.494 e. The minimum atomic E-state index is -0.890. The van der Waals surface area contributed by atoms with E-state index in [0.29, 0.717) is 12.2 Å². The second-order valence-electron chi connectivity index (χ2n) is 6.09. The van der Waals surface area contributed by atoms with Gasteiger partial charge in [0.15, 0.2) is 0 Å². The molecule has 0 fully saturated rings. The van der Waals surface area contributed by atoms with Gasteiger partial charge < -0.3 is 9.84 Å². The van der Waals surface area contributed by atoms with Crippen molar-refractivity contribution in [3.8, 4) is 16.9 Å². The first kappa shape index (κ1) is 17.1. The van der Waals surface area contributed by atoms with Crippen molar-refractivity contribution in [1.29, 1.82) is 0 Å². The van der Waals surface area contributed by atoms with E-state index in [1.165, 1.54) is 0 Å². The van der Waals surface area contributed by atoms with Crippen LogP contribution < -0.4 is 4.74 Å². The van der Waals surface area contributed by atoms with Crippen LogP contribution in [0.25, 0.3) is 11.1 Å². The van der Waals surface area contributed by atoms with Gasteiger partial charge in [-0.25, -0.2) is 4.79 Å². The summed E-state index contributed by atoms with van der Waals surface area (Å²) in [5.74, 6) is 0.236. The highest BCUT2D eigenvalue weighted by molar-refractivity contribution is 5.89. The third-order valence-electron chi connectivity index (χ3n) is 3.88. The van der Waals surface area contributed by atoms with Crippen molar-refractivity contribution < 1.29 is 14.6 Å². The fourth-order valence-corrected chi connectivity index (χ4v) is 2.67. The Morgan fingerprint density at radius 1 is 1.13 bits per heavy atom. The van der Waals surface area contributed by atoms with Gasteiger partial charge in [-0.2, -0.15) is 0 Å². The van der Waals surface area contributed by atoms with Crippen LogP contribution in [0.3, 0.4) is 0 Å². The zero-order chi connectivity index (χ0) is 17.0. The predicted octanol–water partition coefficient (Wildman–Crippen LogP) is 5.27. The molecule has 0 aliphatic carbocycles. The molecule has 0 atom stereocenters. The van der Waals surface area contributed by atoms with Gasteiger partial charge in [0.05, 0.1) is 12.2 Å². The van der Waals surface area contributed by atoms with Gasteiger partial charge in [0.2, 0.25) is 0 Å². The van der Waals surface area contributed by atoms with Gasteiger partial charge in [-0.15, -0.1) is 0 Å². The van der Waals surface area contributed by atoms with Gasteiger partial charge >= 0.3 is 5.97 Å². The Morgan fingerprint density at radius 2 is 1.83 bits per heavy atom. The van der Waals surface area contributed by atoms with Crippen molar-refractivity contribution >= 4 is 5.97 Å². The largest absolute Gasteiger partial charge is 0.494 e. The van der Waals surface area contributed by atoms with Crippen LogP contribution in [0, 0.1) is 6.92 Å². The molecule has 2 rings (SSSR count). The number of carbonyl (C=O) groups is 1. The van der Waals surface area contributed by atoms with Crippen LogP contribution in [0.2, 0.25) is 0 Å². The average molecular weight is 312 g/mol. The molecule has 0 amide bonds. The zero-order valence-corrected chi connectivity index (χ0v) is 14.2. The molecule has 1 N–H and O–H groups in total. The summed E-state index contributed by atoms with van der Waals surface area (Å²) in [5.41, 5.74) is 4.72. The molecule has 23 heavy (non-hydrogen) atoms. The Kier molecular flexibility index (Phi) is 5.43. The summed E-state index contributed by atoms with van der Waals surface area (Å²) in [6.45, 7) is 9.02. The van der Waals surface area contributed by atoms with Crippen molar-refractivity contribution in [2.75, 3.05) is 6.61 Å². The highest BCUT2D eigenvalue weighted by atomic mass is 16.5. The molecule has 2 aromatic rings. The second kappa shape index (κ2) is 7.32. The van der Waals surface area contributed by atoms with Crippen molar-refractivity contribution in [2.45, 2.75) is 40.0 Å². The summed E-state index contributed by atoms with van der Waals surface area (Å²) >= 11 is 0. The molecule has 0 bridgehead atoms. The van der Waals surface area contributed by atoms with E-state index >= 15 is 0 Å². The minimum absolute atomic E-state index is 0.250. The van der Waals surface area contributed by atoms with Crippen LogP contribution in [0.15, 0.2) is 36.4 Å². The predicted molar refractivity (Wildman–Crippen MR) is 93.4 cm³/mol. The third-order valence-corrected chi connectivity index (χ3v) is 3.88. The average Bonchev–Trinajstić information content (AvgIpc) is 2.52. The Labute approximate surface area is 137 Å². The summed E-state index contributed by atoms with van der Waals surface area (Å²) in [5, 5.41) is 9.21. The van der Waals surface area contributed by atoms with E-state index < -0.39 is 5.97 Å². The smallest absolute Gasteiger partial charge is 0.335 e. The first-order valence-electron chi connectivity index (χ1n) is 8.05. The van der Waals surface area contributed by atoms with Gasteiger partial charge in [0.25, 0.3) is 0 Å². The molecular formula is C20H24O3. The summed E-state index contributed by atoms with van der Waals surface area (Å²) in [7, 11) is 0. The lowest BCUT2D eigenvalue weighted by molar-refractivity contribution is 0.0697. The molecule has 0 unspecified atom stereocenters. The Bertz CT molecular complexity index is 702. The van der Waals surface area contributed by atoms with Crippen molar-refractivity contribution in [3.63, 3.8) is 0 Å². The van der Waals surface area contributed by atoms with Gasteiger partial charge in [0, 0.05) is 0 Å². The van der Waals surface area contributed by atoms with Gasteiger partial charge in [-0.3, -0.25) is 0 Å². The fourth-order valence-electron chi connectivity index (χ4n) is 2.67. The first-order chi connectivity index (χ1) is 10.9. The first-order valence-corrected chi connectivity index (χ1v) is 8.05. The zero-order valence-electron chi connectivity index (χ0n) is 14.2. The number of aromatic carboxylic acids is 1. The third kappa shape index (κ3) is 3.92. The number of aryl methyl sites for hydroxylation is 1.